The number of carbonyl (C=O) groups is 2. The molecule has 1 saturated heterocycles. The van der Waals surface area contributed by atoms with E-state index >= 15 is 0 Å². The Kier molecular flexibility index (Phi) is 4.46. The molecule has 0 spiro atoms. The van der Waals surface area contributed by atoms with E-state index in [0.717, 1.165) is 18.5 Å². The van der Waals surface area contributed by atoms with E-state index in [2.05, 4.69) is 32.5 Å². The van der Waals surface area contributed by atoms with Gasteiger partial charge in [-0.1, -0.05) is 6.92 Å². The first-order chi connectivity index (χ1) is 13.5. The molecule has 4 heterocycles. The third-order valence-electron chi connectivity index (χ3n) is 5.24. The highest BCUT2D eigenvalue weighted by Crippen LogP contribution is 2.33. The maximum Gasteiger partial charge on any atom is 0.314 e. The molecule has 1 fully saturated rings. The predicted octanol–water partition coefficient (Wildman–Crippen LogP) is 1.21. The Labute approximate surface area is 161 Å². The van der Waals surface area contributed by atoms with Gasteiger partial charge < -0.3 is 16.0 Å². The Bertz CT molecular complexity index is 1040. The van der Waals surface area contributed by atoms with Gasteiger partial charge in [0.1, 0.15) is 5.82 Å². The summed E-state index contributed by atoms with van der Waals surface area (Å²) in [6.07, 6.45) is 6.41. The van der Waals surface area contributed by atoms with Crippen molar-refractivity contribution < 1.29 is 9.59 Å². The maximum atomic E-state index is 13.0. The molecule has 3 aromatic rings. The third-order valence-corrected chi connectivity index (χ3v) is 5.24. The van der Waals surface area contributed by atoms with Crippen LogP contribution in [-0.2, 0) is 16.6 Å². The van der Waals surface area contributed by atoms with Crippen molar-refractivity contribution in [2.45, 2.75) is 25.8 Å². The Morgan fingerprint density at radius 3 is 2.89 bits per heavy atom. The van der Waals surface area contributed by atoms with Gasteiger partial charge in [-0.25, -0.2) is 4.98 Å². The number of pyridine rings is 1. The summed E-state index contributed by atoms with van der Waals surface area (Å²) in [7, 11) is 1.84. The van der Waals surface area contributed by atoms with Crippen molar-refractivity contribution in [1.29, 1.82) is 0 Å². The quantitative estimate of drug-likeness (QED) is 0.570. The van der Waals surface area contributed by atoms with E-state index in [1.807, 2.05) is 13.1 Å². The van der Waals surface area contributed by atoms with Crippen LogP contribution in [0.15, 0.2) is 24.7 Å². The van der Waals surface area contributed by atoms with Crippen molar-refractivity contribution in [2.75, 3.05) is 17.6 Å². The van der Waals surface area contributed by atoms with Gasteiger partial charge in [-0.3, -0.25) is 19.4 Å². The van der Waals surface area contributed by atoms with Gasteiger partial charge in [0.05, 0.1) is 40.7 Å². The summed E-state index contributed by atoms with van der Waals surface area (Å²) in [4.78, 5) is 31.5. The second-order valence-corrected chi connectivity index (χ2v) is 7.21. The minimum atomic E-state index is -0.719. The van der Waals surface area contributed by atoms with E-state index in [9.17, 15) is 9.59 Å². The average Bonchev–Trinajstić information content (AvgIpc) is 3.33. The number of rotatable bonds is 2. The van der Waals surface area contributed by atoms with E-state index in [0.29, 0.717) is 34.9 Å². The lowest BCUT2D eigenvalue weighted by Crippen LogP contribution is -2.47. The molecular weight excluding hydrogens is 360 g/mol. The Morgan fingerprint density at radius 1 is 1.32 bits per heavy atom. The zero-order chi connectivity index (χ0) is 19.8. The molecule has 0 aromatic carbocycles. The number of carbonyl (C=O) groups excluding carboxylic acids is 2. The molecule has 2 unspecified atom stereocenters. The zero-order valence-electron chi connectivity index (χ0n) is 15.7. The second kappa shape index (κ2) is 6.95. The zero-order valence-corrected chi connectivity index (χ0v) is 15.7. The normalized spacial score (nSPS) is 19.7. The number of amides is 2. The van der Waals surface area contributed by atoms with Gasteiger partial charge in [0.25, 0.3) is 0 Å². The van der Waals surface area contributed by atoms with Crippen LogP contribution in [0.4, 0.5) is 11.5 Å². The molecule has 146 valence electrons. The summed E-state index contributed by atoms with van der Waals surface area (Å²) in [5.41, 5.74) is 7.62. The van der Waals surface area contributed by atoms with Crippen LogP contribution >= 0.6 is 0 Å². The fourth-order valence-electron chi connectivity index (χ4n) is 3.75. The lowest BCUT2D eigenvalue weighted by Gasteiger charge is -2.38. The van der Waals surface area contributed by atoms with Crippen LogP contribution in [0.3, 0.4) is 0 Å². The van der Waals surface area contributed by atoms with Gasteiger partial charge in [-0.15, -0.1) is 0 Å². The van der Waals surface area contributed by atoms with Crippen LogP contribution in [0.5, 0.6) is 0 Å². The van der Waals surface area contributed by atoms with E-state index in [-0.39, 0.29) is 6.04 Å². The number of aromatic nitrogens is 5. The predicted molar refractivity (Wildman–Crippen MR) is 103 cm³/mol. The molecule has 2 amide bonds. The number of hydrogen-bond donors (Lipinski definition) is 3. The molecule has 4 rings (SSSR count). The summed E-state index contributed by atoms with van der Waals surface area (Å²) in [5, 5.41) is 14.1. The number of H-pyrrole nitrogens is 1. The fourth-order valence-corrected chi connectivity index (χ4v) is 3.75. The number of fused-ring (bicyclic) bond motifs is 1. The number of nitrogens with two attached hydrogens (primary N) is 1. The number of likely N-dealkylation sites (tertiary alicyclic amines) is 1. The molecular formula is C18H22N8O2. The summed E-state index contributed by atoms with van der Waals surface area (Å²) in [6.45, 7) is 2.59. The minimum absolute atomic E-state index is 0.182. The maximum absolute atomic E-state index is 13.0. The molecule has 10 nitrogen and oxygen atoms in total. The lowest BCUT2D eigenvalue weighted by molar-refractivity contribution is -0.146. The number of nitrogen functional groups attached to an aromatic ring is 1. The highest BCUT2D eigenvalue weighted by molar-refractivity contribution is 6.40. The number of piperidine rings is 1. The first-order valence-electron chi connectivity index (χ1n) is 9.13. The van der Waals surface area contributed by atoms with Crippen molar-refractivity contribution in [3.8, 4) is 0 Å². The van der Waals surface area contributed by atoms with Crippen molar-refractivity contribution in [3.05, 3.63) is 30.4 Å². The number of aromatic amines is 1. The molecule has 10 heteroatoms. The molecule has 4 N–H and O–H groups in total. The molecule has 28 heavy (non-hydrogen) atoms. The third kappa shape index (κ3) is 3.06. The molecule has 1 aliphatic rings. The van der Waals surface area contributed by atoms with Crippen molar-refractivity contribution >= 4 is 34.2 Å². The summed E-state index contributed by atoms with van der Waals surface area (Å²) in [6, 6.07) is 1.70. The number of hydrogen-bond acceptors (Lipinski definition) is 6. The van der Waals surface area contributed by atoms with Gasteiger partial charge in [0, 0.05) is 19.8 Å². The standard InChI is InChI=1S/C18H22N8O2/c1-10-3-4-14(13-5-6-22-25(13)2)26(9-10)18(28)17(27)23-12-8-20-16(19)11-7-21-24-15(11)12/h5-8,10,14H,3-4,9H2,1-2H3,(H2,19,20)(H,21,24)(H,23,27). The van der Waals surface area contributed by atoms with Crippen LogP contribution in [0.2, 0.25) is 0 Å². The molecule has 0 radical (unpaired) electrons. The fraction of sp³-hybridized carbons (Fsp3) is 0.389. The second-order valence-electron chi connectivity index (χ2n) is 7.21. The monoisotopic (exact) mass is 382 g/mol. The lowest BCUT2D eigenvalue weighted by atomic mass is 9.92. The van der Waals surface area contributed by atoms with E-state index in [1.165, 1.54) is 12.4 Å². The molecule has 1 aliphatic heterocycles. The molecule has 2 atom stereocenters. The molecule has 0 saturated carbocycles. The molecule has 3 aromatic heterocycles. The van der Waals surface area contributed by atoms with Gasteiger partial charge in [0.2, 0.25) is 0 Å². The SMILES string of the molecule is CC1CCC(c2ccnn2C)N(C(=O)C(=O)Nc2cnc(N)c3cn[nH]c23)C1. The van der Waals surface area contributed by atoms with E-state index < -0.39 is 11.8 Å². The number of aryl methyl sites for hydroxylation is 1. The van der Waals surface area contributed by atoms with Crippen molar-refractivity contribution in [2.24, 2.45) is 13.0 Å². The molecule has 0 bridgehead atoms. The Balaban J connectivity index is 1.59. The van der Waals surface area contributed by atoms with Gasteiger partial charge >= 0.3 is 11.8 Å². The van der Waals surface area contributed by atoms with E-state index in [4.69, 9.17) is 5.73 Å². The van der Waals surface area contributed by atoms with Crippen molar-refractivity contribution in [1.82, 2.24) is 29.9 Å². The van der Waals surface area contributed by atoms with Crippen LogP contribution in [-0.4, -0.2) is 48.2 Å². The summed E-state index contributed by atoms with van der Waals surface area (Å²) < 4.78 is 1.75. The first kappa shape index (κ1) is 18.0. The Hall–Kier alpha value is -3.43. The highest BCUT2D eigenvalue weighted by Gasteiger charge is 2.35. The Morgan fingerprint density at radius 2 is 2.14 bits per heavy atom. The number of anilines is 2. The molecule has 0 aliphatic carbocycles. The highest BCUT2D eigenvalue weighted by atomic mass is 16.2. The van der Waals surface area contributed by atoms with Crippen LogP contribution < -0.4 is 11.1 Å². The van der Waals surface area contributed by atoms with Crippen molar-refractivity contribution in [3.63, 3.8) is 0 Å². The van der Waals surface area contributed by atoms with E-state index in [1.54, 1.807) is 15.8 Å². The number of nitrogens with one attached hydrogen (secondary N) is 2. The summed E-state index contributed by atoms with van der Waals surface area (Å²) in [5.74, 6) is -0.682. The van der Waals surface area contributed by atoms with Gasteiger partial charge in [0.15, 0.2) is 0 Å². The summed E-state index contributed by atoms with van der Waals surface area (Å²) >= 11 is 0. The largest absolute Gasteiger partial charge is 0.383 e. The van der Waals surface area contributed by atoms with Crippen LogP contribution in [0.25, 0.3) is 10.9 Å². The van der Waals surface area contributed by atoms with Gasteiger partial charge in [-0.05, 0) is 24.8 Å². The smallest absolute Gasteiger partial charge is 0.314 e. The topological polar surface area (TPSA) is 135 Å². The minimum Gasteiger partial charge on any atom is -0.383 e. The average molecular weight is 382 g/mol. The van der Waals surface area contributed by atoms with Crippen LogP contribution in [0, 0.1) is 5.92 Å². The number of nitrogens with zero attached hydrogens (tertiary/aromatic N) is 5. The van der Waals surface area contributed by atoms with Crippen LogP contribution in [0.1, 0.15) is 31.5 Å². The van der Waals surface area contributed by atoms with Gasteiger partial charge in [-0.2, -0.15) is 10.2 Å². The first-order valence-corrected chi connectivity index (χ1v) is 9.13.